The van der Waals surface area contributed by atoms with Gasteiger partial charge in [-0.3, -0.25) is 4.21 Å². The van der Waals surface area contributed by atoms with Crippen molar-refractivity contribution in [1.82, 2.24) is 0 Å². The molecular formula is C11H14ClNO2S. The molecule has 0 heterocycles. The second-order valence-corrected chi connectivity index (χ2v) is 5.68. The van der Waals surface area contributed by atoms with Crippen LogP contribution in [0, 0.1) is 5.92 Å². The standard InChI is InChI=1S/C11H14ClNO2S/c12-9-2-1-3-10(13)11(9)16(14)7-15-6-8-4-5-8/h1-3,8H,4-7,13H2. The molecule has 0 spiro atoms. The van der Waals surface area contributed by atoms with E-state index in [0.29, 0.717) is 28.1 Å². The lowest BCUT2D eigenvalue weighted by Crippen LogP contribution is -2.07. The van der Waals surface area contributed by atoms with Gasteiger partial charge in [-0.05, 0) is 30.9 Å². The van der Waals surface area contributed by atoms with Gasteiger partial charge in [-0.2, -0.15) is 0 Å². The molecule has 1 saturated carbocycles. The van der Waals surface area contributed by atoms with Crippen LogP contribution >= 0.6 is 11.6 Å². The monoisotopic (exact) mass is 259 g/mol. The highest BCUT2D eigenvalue weighted by molar-refractivity contribution is 7.85. The predicted octanol–water partition coefficient (Wildman–Crippen LogP) is 2.41. The van der Waals surface area contributed by atoms with Crippen molar-refractivity contribution in [3.05, 3.63) is 23.2 Å². The molecule has 1 aliphatic carbocycles. The Kier molecular flexibility index (Phi) is 3.84. The highest BCUT2D eigenvalue weighted by Gasteiger charge is 2.22. The summed E-state index contributed by atoms with van der Waals surface area (Å²) in [5.41, 5.74) is 6.19. The van der Waals surface area contributed by atoms with Gasteiger partial charge in [-0.1, -0.05) is 17.7 Å². The van der Waals surface area contributed by atoms with Gasteiger partial charge in [0, 0.05) is 5.69 Å². The normalized spacial score (nSPS) is 17.3. The maximum absolute atomic E-state index is 11.9. The highest BCUT2D eigenvalue weighted by Crippen LogP contribution is 2.29. The van der Waals surface area contributed by atoms with Crippen molar-refractivity contribution in [2.75, 3.05) is 18.3 Å². The fraction of sp³-hybridized carbons (Fsp3) is 0.455. The third-order valence-electron chi connectivity index (χ3n) is 2.47. The zero-order valence-corrected chi connectivity index (χ0v) is 10.4. The van der Waals surface area contributed by atoms with E-state index in [1.54, 1.807) is 18.2 Å². The number of ether oxygens (including phenoxy) is 1. The predicted molar refractivity (Wildman–Crippen MR) is 65.8 cm³/mol. The summed E-state index contributed by atoms with van der Waals surface area (Å²) in [4.78, 5) is 0.486. The van der Waals surface area contributed by atoms with Crippen LogP contribution in [0.4, 0.5) is 5.69 Å². The molecule has 0 radical (unpaired) electrons. The van der Waals surface area contributed by atoms with E-state index in [-0.39, 0.29) is 5.94 Å². The zero-order chi connectivity index (χ0) is 11.5. The quantitative estimate of drug-likeness (QED) is 0.827. The SMILES string of the molecule is Nc1cccc(Cl)c1S(=O)COCC1CC1. The van der Waals surface area contributed by atoms with E-state index < -0.39 is 10.8 Å². The third-order valence-corrected chi connectivity index (χ3v) is 4.18. The molecule has 2 N–H and O–H groups in total. The number of nitrogens with two attached hydrogens (primary N) is 1. The molecule has 5 heteroatoms. The van der Waals surface area contributed by atoms with E-state index in [1.807, 2.05) is 0 Å². The van der Waals surface area contributed by atoms with Crippen LogP contribution in [-0.2, 0) is 15.5 Å². The first-order valence-corrected chi connectivity index (χ1v) is 6.88. The summed E-state index contributed by atoms with van der Waals surface area (Å²) in [5.74, 6) is 0.838. The first kappa shape index (κ1) is 11.9. The second kappa shape index (κ2) is 5.17. The molecule has 0 bridgehead atoms. The third kappa shape index (κ3) is 2.97. The van der Waals surface area contributed by atoms with Gasteiger partial charge in [0.1, 0.15) is 5.94 Å². The van der Waals surface area contributed by atoms with Crippen LogP contribution in [0.15, 0.2) is 23.1 Å². The molecule has 2 rings (SSSR count). The molecule has 1 aliphatic rings. The van der Waals surface area contributed by atoms with Crippen LogP contribution in [0.25, 0.3) is 0 Å². The smallest absolute Gasteiger partial charge is 0.126 e. The van der Waals surface area contributed by atoms with Crippen molar-refractivity contribution in [3.8, 4) is 0 Å². The first-order valence-electron chi connectivity index (χ1n) is 5.18. The summed E-state index contributed by atoms with van der Waals surface area (Å²) in [7, 11) is -1.27. The first-order chi connectivity index (χ1) is 7.68. The Morgan fingerprint density at radius 2 is 2.25 bits per heavy atom. The van der Waals surface area contributed by atoms with Crippen molar-refractivity contribution < 1.29 is 8.95 Å². The maximum Gasteiger partial charge on any atom is 0.126 e. The Hall–Kier alpha value is -0.580. The van der Waals surface area contributed by atoms with Gasteiger partial charge >= 0.3 is 0 Å². The maximum atomic E-state index is 11.9. The van der Waals surface area contributed by atoms with Crippen LogP contribution in [-0.4, -0.2) is 16.8 Å². The minimum absolute atomic E-state index is 0.171. The number of halogens is 1. The summed E-state index contributed by atoms with van der Waals surface area (Å²) >= 11 is 5.95. The second-order valence-electron chi connectivity index (χ2n) is 3.94. The Morgan fingerprint density at radius 3 is 2.88 bits per heavy atom. The molecule has 1 fully saturated rings. The molecule has 0 aliphatic heterocycles. The summed E-state index contributed by atoms with van der Waals surface area (Å²) in [5, 5.41) is 0.438. The summed E-state index contributed by atoms with van der Waals surface area (Å²) in [6.45, 7) is 0.691. The molecule has 3 nitrogen and oxygen atoms in total. The number of hydrogen-bond acceptors (Lipinski definition) is 3. The van der Waals surface area contributed by atoms with E-state index in [2.05, 4.69) is 0 Å². The van der Waals surface area contributed by atoms with Crippen molar-refractivity contribution in [2.45, 2.75) is 17.7 Å². The number of rotatable bonds is 5. The average Bonchev–Trinajstić information content (AvgIpc) is 3.01. The van der Waals surface area contributed by atoms with Gasteiger partial charge in [-0.25, -0.2) is 0 Å². The molecule has 1 atom stereocenters. The minimum atomic E-state index is -1.27. The topological polar surface area (TPSA) is 52.3 Å². The lowest BCUT2D eigenvalue weighted by molar-refractivity contribution is 0.168. The Balaban J connectivity index is 1.96. The molecule has 0 aromatic heterocycles. The summed E-state index contributed by atoms with van der Waals surface area (Å²) in [6, 6.07) is 5.12. The molecule has 0 amide bonds. The largest absolute Gasteiger partial charge is 0.398 e. The minimum Gasteiger partial charge on any atom is -0.398 e. The van der Waals surface area contributed by atoms with E-state index in [0.717, 1.165) is 0 Å². The van der Waals surface area contributed by atoms with E-state index >= 15 is 0 Å². The fourth-order valence-electron chi connectivity index (χ4n) is 1.40. The van der Waals surface area contributed by atoms with Crippen molar-refractivity contribution in [2.24, 2.45) is 5.92 Å². The number of benzene rings is 1. The lowest BCUT2D eigenvalue weighted by Gasteiger charge is -2.08. The summed E-state index contributed by atoms with van der Waals surface area (Å²) in [6.07, 6.45) is 2.45. The molecule has 88 valence electrons. The van der Waals surface area contributed by atoms with Gasteiger partial charge in [0.2, 0.25) is 0 Å². The van der Waals surface area contributed by atoms with Gasteiger partial charge in [0.15, 0.2) is 0 Å². The van der Waals surface area contributed by atoms with E-state index in [9.17, 15) is 4.21 Å². The Bertz CT molecular complexity index is 387. The van der Waals surface area contributed by atoms with Crippen LogP contribution in [0.5, 0.6) is 0 Å². The number of nitrogen functional groups attached to an aromatic ring is 1. The van der Waals surface area contributed by atoms with Crippen LogP contribution in [0.1, 0.15) is 12.8 Å². The molecule has 0 saturated heterocycles. The van der Waals surface area contributed by atoms with Crippen molar-refractivity contribution in [3.63, 3.8) is 0 Å². The highest BCUT2D eigenvalue weighted by atomic mass is 35.5. The van der Waals surface area contributed by atoms with Crippen LogP contribution < -0.4 is 5.73 Å². The number of hydrogen-bond donors (Lipinski definition) is 1. The molecule has 1 aromatic rings. The Labute approximate surface area is 102 Å². The van der Waals surface area contributed by atoms with Crippen LogP contribution in [0.2, 0.25) is 5.02 Å². The molecule has 1 unspecified atom stereocenters. The molecule has 1 aromatic carbocycles. The van der Waals surface area contributed by atoms with Gasteiger partial charge in [0.05, 0.1) is 27.3 Å². The van der Waals surface area contributed by atoms with Crippen molar-refractivity contribution >= 4 is 28.1 Å². The fourth-order valence-corrected chi connectivity index (χ4v) is 2.82. The molecular weight excluding hydrogens is 246 g/mol. The van der Waals surface area contributed by atoms with Gasteiger partial charge < -0.3 is 10.5 Å². The van der Waals surface area contributed by atoms with Gasteiger partial charge in [-0.15, -0.1) is 0 Å². The van der Waals surface area contributed by atoms with Crippen molar-refractivity contribution in [1.29, 1.82) is 0 Å². The van der Waals surface area contributed by atoms with Crippen LogP contribution in [0.3, 0.4) is 0 Å². The summed E-state index contributed by atoms with van der Waals surface area (Å²) < 4.78 is 17.3. The average molecular weight is 260 g/mol. The number of anilines is 1. The zero-order valence-electron chi connectivity index (χ0n) is 8.82. The molecule has 16 heavy (non-hydrogen) atoms. The Morgan fingerprint density at radius 1 is 1.50 bits per heavy atom. The van der Waals surface area contributed by atoms with E-state index in [4.69, 9.17) is 22.1 Å². The van der Waals surface area contributed by atoms with Gasteiger partial charge in [0.25, 0.3) is 0 Å². The van der Waals surface area contributed by atoms with E-state index in [1.165, 1.54) is 12.8 Å². The lowest BCUT2D eigenvalue weighted by atomic mass is 10.3.